The molecule has 1 aliphatic rings. The van der Waals surface area contributed by atoms with Crippen LogP contribution in [0.2, 0.25) is 5.02 Å². The minimum atomic E-state index is -4.55. The molecule has 2 aromatic carbocycles. The van der Waals surface area contributed by atoms with Crippen molar-refractivity contribution in [1.29, 1.82) is 5.26 Å². The van der Waals surface area contributed by atoms with E-state index >= 15 is 0 Å². The van der Waals surface area contributed by atoms with Crippen LogP contribution in [0.15, 0.2) is 59.5 Å². The molecule has 9 nitrogen and oxygen atoms in total. The number of epoxide rings is 1. The number of hydrogen-bond donors (Lipinski definition) is 2. The molecule has 1 aliphatic heterocycles. The minimum absolute atomic E-state index is 0.0204. The monoisotopic (exact) mass is 575 g/mol. The normalized spacial score (nSPS) is 17.0. The molecule has 0 aliphatic carbocycles. The number of nitriles is 1. The van der Waals surface area contributed by atoms with Crippen LogP contribution in [0.1, 0.15) is 34.8 Å². The van der Waals surface area contributed by atoms with E-state index in [1.807, 2.05) is 6.07 Å². The van der Waals surface area contributed by atoms with Crippen LogP contribution in [0.3, 0.4) is 0 Å². The second-order valence-electron chi connectivity index (χ2n) is 8.90. The van der Waals surface area contributed by atoms with Gasteiger partial charge in [0.2, 0.25) is 5.91 Å². The van der Waals surface area contributed by atoms with Crippen LogP contribution >= 0.6 is 11.6 Å². The molecule has 0 spiro atoms. The molecule has 0 bridgehead atoms. The number of pyridine rings is 1. The molecular formula is C27H21ClF3N3O6. The lowest BCUT2D eigenvalue weighted by Crippen LogP contribution is -2.33. The maximum atomic E-state index is 13.3. The third kappa shape index (κ3) is 6.27. The summed E-state index contributed by atoms with van der Waals surface area (Å²) >= 11 is 6.10. The molecule has 1 fully saturated rings. The van der Waals surface area contributed by atoms with Gasteiger partial charge in [0.25, 0.3) is 5.56 Å². The van der Waals surface area contributed by atoms with E-state index in [-0.39, 0.29) is 41.0 Å². The van der Waals surface area contributed by atoms with Crippen molar-refractivity contribution in [1.82, 2.24) is 4.57 Å². The molecule has 3 unspecified atom stereocenters. The number of nitrogens with zero attached hydrogens (tertiary/aromatic N) is 2. The Hall–Kier alpha value is -4.34. The first kappa shape index (κ1) is 28.7. The van der Waals surface area contributed by atoms with Gasteiger partial charge in [0, 0.05) is 27.9 Å². The first-order valence-electron chi connectivity index (χ1n) is 11.8. The van der Waals surface area contributed by atoms with Gasteiger partial charge in [0.15, 0.2) is 6.10 Å². The zero-order chi connectivity index (χ0) is 29.2. The van der Waals surface area contributed by atoms with Crippen LogP contribution in [-0.4, -0.2) is 47.0 Å². The Morgan fingerprint density at radius 1 is 1.20 bits per heavy atom. The number of rotatable bonds is 9. The number of methoxy groups -OCH3 is 1. The highest BCUT2D eigenvalue weighted by atomic mass is 35.5. The number of anilines is 1. The van der Waals surface area contributed by atoms with E-state index in [0.29, 0.717) is 10.6 Å². The number of hydrogen-bond acceptors (Lipinski definition) is 6. The molecule has 40 heavy (non-hydrogen) atoms. The number of ether oxygens (including phenoxy) is 2. The van der Waals surface area contributed by atoms with Crippen LogP contribution in [-0.2, 0) is 9.53 Å². The van der Waals surface area contributed by atoms with Crippen LogP contribution in [0.5, 0.6) is 5.75 Å². The summed E-state index contributed by atoms with van der Waals surface area (Å²) in [7, 11) is 1.31. The lowest BCUT2D eigenvalue weighted by molar-refractivity contribution is -0.146. The van der Waals surface area contributed by atoms with E-state index in [1.54, 1.807) is 0 Å². The van der Waals surface area contributed by atoms with Crippen LogP contribution in [0, 0.1) is 11.3 Å². The van der Waals surface area contributed by atoms with Gasteiger partial charge in [-0.15, -0.1) is 0 Å². The Bertz CT molecular complexity index is 1550. The van der Waals surface area contributed by atoms with Gasteiger partial charge in [-0.05, 0) is 55.3 Å². The molecule has 2 N–H and O–H groups in total. The van der Waals surface area contributed by atoms with Crippen molar-refractivity contribution in [2.24, 2.45) is 0 Å². The van der Waals surface area contributed by atoms with Crippen LogP contribution < -0.4 is 15.6 Å². The standard InChI is InChI=1S/C27H21ClF3N3O6/c1-39-22-13-34(23(35)11-19(22)18-10-16(28)5-2-15(18)12-32)20(8-9-21-24(40-21)27(29,30)31)25(36)33-17-6-3-14(4-7-17)26(37)38/h2-7,10-11,13,20-21,24H,8-9H2,1H3,(H,33,36)(H,37,38). The summed E-state index contributed by atoms with van der Waals surface area (Å²) in [4.78, 5) is 37.8. The van der Waals surface area contributed by atoms with Crippen LogP contribution in [0.25, 0.3) is 11.1 Å². The number of carboxylic acid groups (broad SMARTS) is 1. The fourth-order valence-corrected chi connectivity index (χ4v) is 4.44. The lowest BCUT2D eigenvalue weighted by atomic mass is 10.00. The predicted molar refractivity (Wildman–Crippen MR) is 137 cm³/mol. The van der Waals surface area contributed by atoms with Crippen molar-refractivity contribution in [2.75, 3.05) is 12.4 Å². The number of aromatic nitrogens is 1. The molecule has 208 valence electrons. The Morgan fingerprint density at radius 3 is 2.48 bits per heavy atom. The number of carboxylic acids is 1. The van der Waals surface area contributed by atoms with Crippen molar-refractivity contribution in [3.63, 3.8) is 0 Å². The Labute approximate surface area is 230 Å². The average molecular weight is 576 g/mol. The van der Waals surface area contributed by atoms with Crippen molar-refractivity contribution < 1.29 is 37.3 Å². The molecule has 3 aromatic rings. The number of carbonyl (C=O) groups excluding carboxylic acids is 1. The van der Waals surface area contributed by atoms with Crippen molar-refractivity contribution in [3.8, 4) is 22.9 Å². The van der Waals surface area contributed by atoms with Crippen LogP contribution in [0.4, 0.5) is 18.9 Å². The molecule has 0 saturated carbocycles. The summed E-state index contributed by atoms with van der Waals surface area (Å²) in [6, 6.07) is 11.6. The predicted octanol–water partition coefficient (Wildman–Crippen LogP) is 5.04. The summed E-state index contributed by atoms with van der Waals surface area (Å²) in [5, 5.41) is 21.5. The van der Waals surface area contributed by atoms with Gasteiger partial charge in [-0.25, -0.2) is 4.79 Å². The Balaban J connectivity index is 1.70. The summed E-state index contributed by atoms with van der Waals surface area (Å²) in [5.41, 5.74) is 0.259. The number of alkyl halides is 3. The Kier molecular flexibility index (Phi) is 8.18. The second-order valence-corrected chi connectivity index (χ2v) is 9.34. The van der Waals surface area contributed by atoms with E-state index in [9.17, 15) is 32.8 Å². The zero-order valence-corrected chi connectivity index (χ0v) is 21.5. The van der Waals surface area contributed by atoms with E-state index in [2.05, 4.69) is 5.32 Å². The largest absolute Gasteiger partial charge is 0.495 e. The van der Waals surface area contributed by atoms with Crippen molar-refractivity contribution in [3.05, 3.63) is 81.2 Å². The van der Waals surface area contributed by atoms with Gasteiger partial charge in [-0.3, -0.25) is 14.2 Å². The molecule has 0 radical (unpaired) electrons. The summed E-state index contributed by atoms with van der Waals surface area (Å²) in [6.07, 6.45) is -6.78. The summed E-state index contributed by atoms with van der Waals surface area (Å²) in [6.45, 7) is 0. The fraction of sp³-hybridized carbons (Fsp3) is 0.259. The molecular weight excluding hydrogens is 555 g/mol. The second kappa shape index (κ2) is 11.4. The van der Waals surface area contributed by atoms with Crippen molar-refractivity contribution >= 4 is 29.2 Å². The number of benzene rings is 2. The molecule has 2 heterocycles. The van der Waals surface area contributed by atoms with E-state index < -0.39 is 41.9 Å². The number of aromatic carboxylic acids is 1. The third-order valence-corrected chi connectivity index (χ3v) is 6.56. The van der Waals surface area contributed by atoms with Gasteiger partial charge in [-0.1, -0.05) is 11.6 Å². The maximum Gasteiger partial charge on any atom is 0.417 e. The molecule has 1 aromatic heterocycles. The summed E-state index contributed by atoms with van der Waals surface area (Å²) < 4.78 is 50.1. The highest BCUT2D eigenvalue weighted by molar-refractivity contribution is 6.31. The molecule has 3 atom stereocenters. The van der Waals surface area contributed by atoms with Gasteiger partial charge in [0.1, 0.15) is 11.8 Å². The minimum Gasteiger partial charge on any atom is -0.495 e. The molecule has 4 rings (SSSR count). The molecule has 13 heteroatoms. The zero-order valence-electron chi connectivity index (χ0n) is 20.7. The molecule has 1 amide bonds. The maximum absolute atomic E-state index is 13.3. The van der Waals surface area contributed by atoms with Gasteiger partial charge in [-0.2, -0.15) is 18.4 Å². The first-order chi connectivity index (χ1) is 18.9. The molecule has 1 saturated heterocycles. The van der Waals surface area contributed by atoms with Gasteiger partial charge in [0.05, 0.1) is 36.6 Å². The number of halogens is 4. The fourth-order valence-electron chi connectivity index (χ4n) is 4.27. The van der Waals surface area contributed by atoms with Gasteiger partial charge < -0.3 is 19.9 Å². The highest BCUT2D eigenvalue weighted by Gasteiger charge is 2.57. The quantitative estimate of drug-likeness (QED) is 0.342. The number of nitrogens with one attached hydrogen (secondary N) is 1. The number of amides is 1. The van der Waals surface area contributed by atoms with E-state index in [1.165, 1.54) is 55.8 Å². The number of carbonyl (C=O) groups is 2. The smallest absolute Gasteiger partial charge is 0.417 e. The third-order valence-electron chi connectivity index (χ3n) is 6.32. The highest BCUT2D eigenvalue weighted by Crippen LogP contribution is 2.41. The lowest BCUT2D eigenvalue weighted by Gasteiger charge is -2.21. The average Bonchev–Trinajstić information content (AvgIpc) is 3.70. The van der Waals surface area contributed by atoms with Gasteiger partial charge >= 0.3 is 12.1 Å². The SMILES string of the molecule is COc1cn(C(CCC2OC2C(F)(F)F)C(=O)Nc2ccc(C(=O)O)cc2)c(=O)cc1-c1cc(Cl)ccc1C#N. The van der Waals surface area contributed by atoms with E-state index in [4.69, 9.17) is 26.2 Å². The van der Waals surface area contributed by atoms with E-state index in [0.717, 1.165) is 10.6 Å². The Morgan fingerprint density at radius 2 is 1.90 bits per heavy atom. The summed E-state index contributed by atoms with van der Waals surface area (Å²) in [5.74, 6) is -1.79. The topological polar surface area (TPSA) is 134 Å². The van der Waals surface area contributed by atoms with Crippen molar-refractivity contribution in [2.45, 2.75) is 37.3 Å². The first-order valence-corrected chi connectivity index (χ1v) is 12.2.